The second-order valence-corrected chi connectivity index (χ2v) is 5.29. The molecule has 2 heterocycles. The van der Waals surface area contributed by atoms with Crippen molar-refractivity contribution >= 4 is 0 Å². The Hall–Kier alpha value is -0.340. The van der Waals surface area contributed by atoms with E-state index in [2.05, 4.69) is 12.7 Å². The standard InChI is InChI=1S/C13H24NO/c1-2-8-14-9-4-3-7-13(14)12(11-15)6-5-10-14/h2,12-13,15H,1,3-11H2/q+1/t12-,13+,14?/m0/s1. The molecule has 2 saturated heterocycles. The maximum atomic E-state index is 9.48. The Balaban J connectivity index is 2.17. The van der Waals surface area contributed by atoms with Crippen LogP contribution in [0.15, 0.2) is 12.7 Å². The van der Waals surface area contributed by atoms with Gasteiger partial charge in [0.2, 0.25) is 0 Å². The van der Waals surface area contributed by atoms with Crippen molar-refractivity contribution in [1.82, 2.24) is 0 Å². The van der Waals surface area contributed by atoms with Crippen LogP contribution in [0.3, 0.4) is 0 Å². The van der Waals surface area contributed by atoms with E-state index < -0.39 is 0 Å². The molecule has 1 unspecified atom stereocenters. The van der Waals surface area contributed by atoms with E-state index in [0.29, 0.717) is 12.5 Å². The first-order valence-corrected chi connectivity index (χ1v) is 6.40. The van der Waals surface area contributed by atoms with E-state index in [4.69, 9.17) is 0 Å². The summed E-state index contributed by atoms with van der Waals surface area (Å²) in [7, 11) is 0. The third kappa shape index (κ3) is 1.98. The molecule has 2 rings (SSSR count). The van der Waals surface area contributed by atoms with Crippen molar-refractivity contribution in [3.8, 4) is 0 Å². The number of rotatable bonds is 3. The zero-order valence-electron chi connectivity index (χ0n) is 9.70. The number of quaternary nitrogens is 1. The molecule has 0 aromatic rings. The highest BCUT2D eigenvalue weighted by Gasteiger charge is 2.45. The Morgan fingerprint density at radius 1 is 1.20 bits per heavy atom. The maximum Gasteiger partial charge on any atom is 0.0973 e. The molecule has 0 saturated carbocycles. The van der Waals surface area contributed by atoms with Crippen molar-refractivity contribution < 1.29 is 9.59 Å². The molecule has 86 valence electrons. The fourth-order valence-electron chi connectivity index (χ4n) is 3.83. The zero-order chi connectivity index (χ0) is 10.7. The quantitative estimate of drug-likeness (QED) is 0.557. The molecular formula is C13H24NO+. The number of piperidine rings is 2. The number of aliphatic hydroxyl groups excluding tert-OH is 1. The first-order valence-electron chi connectivity index (χ1n) is 6.40. The SMILES string of the molecule is C=CC[N+]12CCCC[C@@H]1[C@H](CO)CCC2. The van der Waals surface area contributed by atoms with Gasteiger partial charge in [0.25, 0.3) is 0 Å². The molecule has 2 aliphatic rings. The Labute approximate surface area is 93.2 Å². The zero-order valence-corrected chi connectivity index (χ0v) is 9.70. The molecule has 0 bridgehead atoms. The van der Waals surface area contributed by atoms with Crippen LogP contribution < -0.4 is 0 Å². The van der Waals surface area contributed by atoms with Gasteiger partial charge in [0.15, 0.2) is 0 Å². The minimum atomic E-state index is 0.391. The van der Waals surface area contributed by atoms with Gasteiger partial charge in [-0.3, -0.25) is 0 Å². The topological polar surface area (TPSA) is 20.2 Å². The van der Waals surface area contributed by atoms with E-state index in [1.165, 1.54) is 49.7 Å². The van der Waals surface area contributed by atoms with Gasteiger partial charge in [-0.25, -0.2) is 0 Å². The number of aliphatic hydroxyl groups is 1. The lowest BCUT2D eigenvalue weighted by Gasteiger charge is -2.53. The highest BCUT2D eigenvalue weighted by molar-refractivity contribution is 4.81. The second-order valence-electron chi connectivity index (χ2n) is 5.29. The Kier molecular flexibility index (Phi) is 3.47. The van der Waals surface area contributed by atoms with Crippen LogP contribution >= 0.6 is 0 Å². The van der Waals surface area contributed by atoms with Crippen molar-refractivity contribution in [2.24, 2.45) is 5.92 Å². The van der Waals surface area contributed by atoms with Crippen LogP contribution in [0.2, 0.25) is 0 Å². The van der Waals surface area contributed by atoms with Gasteiger partial charge in [-0.05, 0) is 31.8 Å². The van der Waals surface area contributed by atoms with Gasteiger partial charge in [-0.1, -0.05) is 6.58 Å². The summed E-state index contributed by atoms with van der Waals surface area (Å²) in [5.74, 6) is 0.555. The molecular weight excluding hydrogens is 186 g/mol. The summed E-state index contributed by atoms with van der Waals surface area (Å²) in [5, 5.41) is 9.48. The van der Waals surface area contributed by atoms with E-state index >= 15 is 0 Å². The van der Waals surface area contributed by atoms with Crippen LogP contribution in [0.1, 0.15) is 32.1 Å². The van der Waals surface area contributed by atoms with Gasteiger partial charge < -0.3 is 9.59 Å². The van der Waals surface area contributed by atoms with Gasteiger partial charge in [-0.15, -0.1) is 0 Å². The minimum absolute atomic E-state index is 0.391. The van der Waals surface area contributed by atoms with Gasteiger partial charge >= 0.3 is 0 Å². The number of fused-ring (bicyclic) bond motifs is 1. The second kappa shape index (κ2) is 4.67. The Bertz CT molecular complexity index is 225. The van der Waals surface area contributed by atoms with Crippen LogP contribution in [-0.2, 0) is 0 Å². The number of nitrogens with zero attached hydrogens (tertiary/aromatic N) is 1. The van der Waals surface area contributed by atoms with Crippen molar-refractivity contribution in [2.45, 2.75) is 38.1 Å². The van der Waals surface area contributed by atoms with Gasteiger partial charge in [0.1, 0.15) is 0 Å². The molecule has 15 heavy (non-hydrogen) atoms. The molecule has 0 aromatic heterocycles. The summed E-state index contributed by atoms with van der Waals surface area (Å²) in [4.78, 5) is 0. The summed E-state index contributed by atoms with van der Waals surface area (Å²) in [6.45, 7) is 8.04. The van der Waals surface area contributed by atoms with E-state index in [1.807, 2.05) is 0 Å². The molecule has 1 N–H and O–H groups in total. The van der Waals surface area contributed by atoms with E-state index in [-0.39, 0.29) is 0 Å². The maximum absolute atomic E-state index is 9.48. The van der Waals surface area contributed by atoms with Crippen LogP contribution in [0.25, 0.3) is 0 Å². The van der Waals surface area contributed by atoms with Gasteiger partial charge in [0, 0.05) is 12.3 Å². The summed E-state index contributed by atoms with van der Waals surface area (Å²) >= 11 is 0. The highest BCUT2D eigenvalue weighted by atomic mass is 16.3. The van der Waals surface area contributed by atoms with Crippen LogP contribution in [0, 0.1) is 5.92 Å². The average Bonchev–Trinajstić information content (AvgIpc) is 2.28. The minimum Gasteiger partial charge on any atom is -0.396 e. The normalized spacial score (nSPS) is 40.9. The van der Waals surface area contributed by atoms with Crippen molar-refractivity contribution in [3.63, 3.8) is 0 Å². The lowest BCUT2D eigenvalue weighted by atomic mass is 9.81. The van der Waals surface area contributed by atoms with Crippen molar-refractivity contribution in [3.05, 3.63) is 12.7 Å². The van der Waals surface area contributed by atoms with Crippen molar-refractivity contribution in [2.75, 3.05) is 26.2 Å². The molecule has 3 atom stereocenters. The molecule has 0 radical (unpaired) electrons. The lowest BCUT2D eigenvalue weighted by Crippen LogP contribution is -2.63. The summed E-state index contributed by atoms with van der Waals surface area (Å²) in [6, 6.07) is 0.718. The largest absolute Gasteiger partial charge is 0.396 e. The molecule has 0 spiro atoms. The third-order valence-corrected chi connectivity index (χ3v) is 4.51. The van der Waals surface area contributed by atoms with Crippen LogP contribution in [0.4, 0.5) is 0 Å². The summed E-state index contributed by atoms with van der Waals surface area (Å²) in [5.41, 5.74) is 0. The first-order chi connectivity index (χ1) is 7.32. The van der Waals surface area contributed by atoms with E-state index in [0.717, 1.165) is 12.6 Å². The lowest BCUT2D eigenvalue weighted by molar-refractivity contribution is -0.959. The van der Waals surface area contributed by atoms with Crippen molar-refractivity contribution in [1.29, 1.82) is 0 Å². The third-order valence-electron chi connectivity index (χ3n) is 4.51. The molecule has 2 fully saturated rings. The Morgan fingerprint density at radius 3 is 2.73 bits per heavy atom. The van der Waals surface area contributed by atoms with E-state index in [9.17, 15) is 5.11 Å². The number of hydrogen-bond donors (Lipinski definition) is 1. The van der Waals surface area contributed by atoms with Crippen LogP contribution in [-0.4, -0.2) is 41.9 Å². The van der Waals surface area contributed by atoms with E-state index in [1.54, 1.807) is 0 Å². The van der Waals surface area contributed by atoms with Gasteiger partial charge in [-0.2, -0.15) is 0 Å². The fourth-order valence-corrected chi connectivity index (χ4v) is 3.83. The fraction of sp³-hybridized carbons (Fsp3) is 0.846. The first kappa shape index (κ1) is 11.2. The number of hydrogen-bond acceptors (Lipinski definition) is 1. The highest BCUT2D eigenvalue weighted by Crippen LogP contribution is 2.37. The predicted octanol–water partition coefficient (Wildman–Crippen LogP) is 1.94. The molecule has 2 heteroatoms. The summed E-state index contributed by atoms with van der Waals surface area (Å²) < 4.78 is 1.23. The van der Waals surface area contributed by atoms with Crippen LogP contribution in [0.5, 0.6) is 0 Å². The van der Waals surface area contributed by atoms with Gasteiger partial charge in [0.05, 0.1) is 32.3 Å². The molecule has 0 amide bonds. The molecule has 0 aliphatic carbocycles. The molecule has 2 aliphatic heterocycles. The average molecular weight is 210 g/mol. The Morgan fingerprint density at radius 2 is 2.00 bits per heavy atom. The smallest absolute Gasteiger partial charge is 0.0973 e. The molecule has 2 nitrogen and oxygen atoms in total. The summed E-state index contributed by atoms with van der Waals surface area (Å²) in [6.07, 6.45) is 8.64. The monoisotopic (exact) mass is 210 g/mol. The predicted molar refractivity (Wildman–Crippen MR) is 62.5 cm³/mol. The molecule has 0 aromatic carbocycles.